The first-order valence-electron chi connectivity index (χ1n) is 4.90. The molecule has 0 saturated heterocycles. The van der Waals surface area contributed by atoms with Gasteiger partial charge in [0.2, 0.25) is 0 Å². The van der Waals surface area contributed by atoms with Crippen molar-refractivity contribution in [2.24, 2.45) is 5.73 Å². The van der Waals surface area contributed by atoms with Crippen molar-refractivity contribution in [2.45, 2.75) is 32.2 Å². The lowest BCUT2D eigenvalue weighted by atomic mass is 10.1. The van der Waals surface area contributed by atoms with E-state index < -0.39 is 12.3 Å². The highest BCUT2D eigenvalue weighted by atomic mass is 19.4. The fourth-order valence-electron chi connectivity index (χ4n) is 1.22. The van der Waals surface area contributed by atoms with Crippen LogP contribution >= 0.6 is 0 Å². The molecule has 1 aromatic rings. The smallest absolute Gasteiger partial charge is 0.425 e. The summed E-state index contributed by atoms with van der Waals surface area (Å²) in [6.45, 7) is 2.67. The molecule has 0 bridgehead atoms. The Morgan fingerprint density at radius 2 is 1.75 bits per heavy atom. The van der Waals surface area contributed by atoms with Crippen LogP contribution < -0.4 is 10.5 Å². The van der Waals surface area contributed by atoms with E-state index in [1.54, 1.807) is 25.1 Å². The van der Waals surface area contributed by atoms with Gasteiger partial charge in [-0.2, -0.15) is 13.2 Å². The van der Waals surface area contributed by atoms with Crippen molar-refractivity contribution < 1.29 is 17.9 Å². The van der Waals surface area contributed by atoms with Crippen LogP contribution in [0.3, 0.4) is 0 Å². The van der Waals surface area contributed by atoms with Gasteiger partial charge in [0.1, 0.15) is 5.75 Å². The van der Waals surface area contributed by atoms with Crippen molar-refractivity contribution in [2.75, 3.05) is 0 Å². The van der Waals surface area contributed by atoms with Gasteiger partial charge in [-0.15, -0.1) is 0 Å². The fraction of sp³-hybridized carbons (Fsp3) is 0.455. The van der Waals surface area contributed by atoms with Crippen molar-refractivity contribution in [3.63, 3.8) is 0 Å². The first-order chi connectivity index (χ1) is 7.32. The topological polar surface area (TPSA) is 35.2 Å². The van der Waals surface area contributed by atoms with Gasteiger partial charge >= 0.3 is 6.18 Å². The third kappa shape index (κ3) is 3.13. The molecular weight excluding hydrogens is 219 g/mol. The van der Waals surface area contributed by atoms with Gasteiger partial charge < -0.3 is 10.5 Å². The van der Waals surface area contributed by atoms with Crippen LogP contribution in [0.1, 0.15) is 25.5 Å². The lowest BCUT2D eigenvalue weighted by Crippen LogP contribution is -2.31. The molecule has 0 aliphatic rings. The highest BCUT2D eigenvalue weighted by Gasteiger charge is 2.38. The summed E-state index contributed by atoms with van der Waals surface area (Å²) in [5.74, 6) is 0.183. The standard InChI is InChI=1S/C11H14F3NO/c1-7(15)9-5-3-4-6-10(9)16-8(2)11(12,13)14/h3-8H,15H2,1-2H3. The van der Waals surface area contributed by atoms with Crippen LogP contribution in [0, 0.1) is 0 Å². The van der Waals surface area contributed by atoms with Gasteiger partial charge in [-0.25, -0.2) is 0 Å². The minimum Gasteiger partial charge on any atom is -0.481 e. The molecule has 2 N–H and O–H groups in total. The number of benzene rings is 1. The summed E-state index contributed by atoms with van der Waals surface area (Å²) in [4.78, 5) is 0. The number of alkyl halides is 3. The van der Waals surface area contributed by atoms with Crippen LogP contribution in [0.25, 0.3) is 0 Å². The number of rotatable bonds is 3. The molecule has 0 amide bonds. The first-order valence-corrected chi connectivity index (χ1v) is 4.90. The lowest BCUT2D eigenvalue weighted by molar-refractivity contribution is -0.189. The maximum Gasteiger partial charge on any atom is 0.425 e. The summed E-state index contributed by atoms with van der Waals surface area (Å²) in [6, 6.07) is 6.11. The molecule has 1 aromatic carbocycles. The van der Waals surface area contributed by atoms with Gasteiger partial charge in [0, 0.05) is 11.6 Å². The molecule has 2 atom stereocenters. The zero-order valence-corrected chi connectivity index (χ0v) is 9.08. The summed E-state index contributed by atoms with van der Waals surface area (Å²) < 4.78 is 41.8. The van der Waals surface area contributed by atoms with Crippen LogP contribution in [-0.2, 0) is 0 Å². The summed E-state index contributed by atoms with van der Waals surface area (Å²) >= 11 is 0. The Morgan fingerprint density at radius 3 is 2.25 bits per heavy atom. The minimum absolute atomic E-state index is 0.183. The van der Waals surface area contributed by atoms with E-state index in [-0.39, 0.29) is 11.8 Å². The van der Waals surface area contributed by atoms with Gasteiger partial charge in [-0.1, -0.05) is 18.2 Å². The molecule has 0 fully saturated rings. The van der Waals surface area contributed by atoms with Crippen LogP contribution in [0.5, 0.6) is 5.75 Å². The van der Waals surface area contributed by atoms with E-state index in [0.29, 0.717) is 5.56 Å². The molecule has 0 saturated carbocycles. The average Bonchev–Trinajstić information content (AvgIpc) is 2.16. The second kappa shape index (κ2) is 4.74. The second-order valence-electron chi connectivity index (χ2n) is 3.63. The zero-order valence-electron chi connectivity index (χ0n) is 9.08. The first kappa shape index (κ1) is 12.8. The van der Waals surface area contributed by atoms with Gasteiger partial charge in [0.15, 0.2) is 6.10 Å². The fourth-order valence-corrected chi connectivity index (χ4v) is 1.22. The summed E-state index contributed by atoms with van der Waals surface area (Å²) in [5, 5.41) is 0. The van der Waals surface area contributed by atoms with E-state index in [4.69, 9.17) is 10.5 Å². The molecule has 16 heavy (non-hydrogen) atoms. The maximum absolute atomic E-state index is 12.3. The lowest BCUT2D eigenvalue weighted by Gasteiger charge is -2.20. The quantitative estimate of drug-likeness (QED) is 0.870. The van der Waals surface area contributed by atoms with E-state index in [9.17, 15) is 13.2 Å². The largest absolute Gasteiger partial charge is 0.481 e. The van der Waals surface area contributed by atoms with E-state index in [1.807, 2.05) is 0 Å². The van der Waals surface area contributed by atoms with E-state index in [2.05, 4.69) is 0 Å². The van der Waals surface area contributed by atoms with Crippen molar-refractivity contribution >= 4 is 0 Å². The molecule has 90 valence electrons. The Balaban J connectivity index is 2.89. The number of nitrogens with two attached hydrogens (primary N) is 1. The van der Waals surface area contributed by atoms with Gasteiger partial charge in [-0.3, -0.25) is 0 Å². The molecule has 0 radical (unpaired) electrons. The molecule has 0 heterocycles. The van der Waals surface area contributed by atoms with Crippen molar-refractivity contribution in [1.29, 1.82) is 0 Å². The highest BCUT2D eigenvalue weighted by Crippen LogP contribution is 2.29. The molecule has 1 rings (SSSR count). The normalized spacial score (nSPS) is 15.6. The number of hydrogen-bond donors (Lipinski definition) is 1. The molecule has 0 spiro atoms. The highest BCUT2D eigenvalue weighted by molar-refractivity contribution is 5.35. The second-order valence-corrected chi connectivity index (χ2v) is 3.63. The Kier molecular flexibility index (Phi) is 3.80. The zero-order chi connectivity index (χ0) is 12.3. The van der Waals surface area contributed by atoms with E-state index in [1.165, 1.54) is 6.07 Å². The Morgan fingerprint density at radius 1 is 1.19 bits per heavy atom. The van der Waals surface area contributed by atoms with Gasteiger partial charge in [-0.05, 0) is 19.9 Å². The minimum atomic E-state index is -4.37. The van der Waals surface area contributed by atoms with Gasteiger partial charge in [0.05, 0.1) is 0 Å². The maximum atomic E-state index is 12.3. The molecule has 2 unspecified atom stereocenters. The molecule has 0 aromatic heterocycles. The van der Waals surface area contributed by atoms with Crippen LogP contribution in [0.4, 0.5) is 13.2 Å². The predicted octanol–water partition coefficient (Wildman–Crippen LogP) is 3.04. The van der Waals surface area contributed by atoms with Crippen LogP contribution in [0.2, 0.25) is 0 Å². The van der Waals surface area contributed by atoms with Crippen LogP contribution in [-0.4, -0.2) is 12.3 Å². The van der Waals surface area contributed by atoms with E-state index in [0.717, 1.165) is 6.92 Å². The number of halogens is 3. The number of hydrogen-bond acceptors (Lipinski definition) is 2. The van der Waals surface area contributed by atoms with E-state index >= 15 is 0 Å². The predicted molar refractivity (Wildman–Crippen MR) is 55.2 cm³/mol. The molecule has 0 aliphatic carbocycles. The molecular formula is C11H14F3NO. The van der Waals surface area contributed by atoms with Crippen LogP contribution in [0.15, 0.2) is 24.3 Å². The Labute approximate surface area is 92.2 Å². The SMILES string of the molecule is CC(N)c1ccccc1OC(C)C(F)(F)F. The summed E-state index contributed by atoms with van der Waals surface area (Å²) in [5.41, 5.74) is 6.21. The van der Waals surface area contributed by atoms with Crippen molar-refractivity contribution in [3.8, 4) is 5.75 Å². The monoisotopic (exact) mass is 233 g/mol. The molecule has 5 heteroatoms. The molecule has 2 nitrogen and oxygen atoms in total. The third-order valence-electron chi connectivity index (χ3n) is 2.17. The summed E-state index contributed by atoms with van der Waals surface area (Å²) in [6.07, 6.45) is -6.21. The Hall–Kier alpha value is -1.23. The van der Waals surface area contributed by atoms with Crippen molar-refractivity contribution in [3.05, 3.63) is 29.8 Å². The third-order valence-corrected chi connectivity index (χ3v) is 2.17. The number of para-hydroxylation sites is 1. The molecule has 0 aliphatic heterocycles. The van der Waals surface area contributed by atoms with Gasteiger partial charge in [0.25, 0.3) is 0 Å². The number of ether oxygens (including phenoxy) is 1. The summed E-state index contributed by atoms with van der Waals surface area (Å²) in [7, 11) is 0. The van der Waals surface area contributed by atoms with Crippen molar-refractivity contribution in [1.82, 2.24) is 0 Å². The average molecular weight is 233 g/mol. The Bertz CT molecular complexity index is 349.